The third-order valence-corrected chi connectivity index (χ3v) is 2.23. The van der Waals surface area contributed by atoms with Gasteiger partial charge in [-0.3, -0.25) is 4.99 Å². The summed E-state index contributed by atoms with van der Waals surface area (Å²) >= 11 is 1.88. The number of hydrogen-bond acceptors (Lipinski definition) is 3. The molecule has 1 aromatic rings. The van der Waals surface area contributed by atoms with E-state index in [1.165, 1.54) is 13.4 Å². The number of alkyl halides is 3. The second-order valence-corrected chi connectivity index (χ2v) is 4.49. The molecular formula is C11H9F3IN3O. The first-order valence-electron chi connectivity index (χ1n) is 4.89. The Labute approximate surface area is 121 Å². The zero-order chi connectivity index (χ0) is 14.5. The maximum absolute atomic E-state index is 12.3. The Morgan fingerprint density at radius 2 is 2.16 bits per heavy atom. The Balaban J connectivity index is 2.90. The molecule has 102 valence electrons. The number of rotatable bonds is 3. The summed E-state index contributed by atoms with van der Waals surface area (Å²) in [6, 6.07) is 1.99. The summed E-state index contributed by atoms with van der Waals surface area (Å²) in [5.41, 5.74) is -0.984. The Kier molecular flexibility index (Phi) is 5.45. The van der Waals surface area contributed by atoms with E-state index in [2.05, 4.69) is 21.5 Å². The molecule has 0 aliphatic heterocycles. The summed E-state index contributed by atoms with van der Waals surface area (Å²) in [5.74, 6) is 0.279. The minimum atomic E-state index is -4.48. The second kappa shape index (κ2) is 6.64. The van der Waals surface area contributed by atoms with Crippen molar-refractivity contribution in [3.05, 3.63) is 34.2 Å². The molecule has 8 heteroatoms. The fourth-order valence-electron chi connectivity index (χ4n) is 0.982. The van der Waals surface area contributed by atoms with Gasteiger partial charge in [0.2, 0.25) is 5.90 Å². The molecule has 19 heavy (non-hydrogen) atoms. The number of aromatic nitrogens is 1. The lowest BCUT2D eigenvalue weighted by molar-refractivity contribution is -0.141. The van der Waals surface area contributed by atoms with E-state index in [-0.39, 0.29) is 11.6 Å². The molecule has 1 rings (SSSR count). The lowest BCUT2D eigenvalue weighted by Crippen LogP contribution is -2.10. The highest BCUT2D eigenvalue weighted by molar-refractivity contribution is 14.1. The molecule has 0 aromatic carbocycles. The van der Waals surface area contributed by atoms with Crippen molar-refractivity contribution < 1.29 is 17.9 Å². The lowest BCUT2D eigenvalue weighted by atomic mass is 10.3. The number of pyridine rings is 1. The smallest absolute Gasteiger partial charge is 0.433 e. The molecule has 0 unspecified atom stereocenters. The third kappa shape index (κ3) is 4.97. The number of aliphatic imine (C=N–C) groups is 2. The molecule has 0 saturated carbocycles. The normalized spacial score (nSPS) is 12.8. The van der Waals surface area contributed by atoms with Crippen LogP contribution in [0.2, 0.25) is 0 Å². The van der Waals surface area contributed by atoms with Gasteiger partial charge < -0.3 is 4.74 Å². The molecule has 0 amide bonds. The predicted octanol–water partition coefficient (Wildman–Crippen LogP) is 3.48. The first-order valence-corrected chi connectivity index (χ1v) is 5.96. The maximum Gasteiger partial charge on any atom is 0.433 e. The highest BCUT2D eigenvalue weighted by Crippen LogP contribution is 2.28. The van der Waals surface area contributed by atoms with Crippen LogP contribution in [0.15, 0.2) is 38.5 Å². The Bertz CT molecular complexity index is 509. The summed E-state index contributed by atoms with van der Waals surface area (Å²) in [5, 5.41) is 0. The molecule has 4 nitrogen and oxygen atoms in total. The number of hydrogen-bond donors (Lipinski definition) is 0. The third-order valence-electron chi connectivity index (χ3n) is 1.76. The Hall–Kier alpha value is -1.45. The highest BCUT2D eigenvalue weighted by Gasteiger charge is 2.32. The van der Waals surface area contributed by atoms with Gasteiger partial charge in [-0.1, -0.05) is 6.58 Å². The quantitative estimate of drug-likeness (QED) is 0.456. The van der Waals surface area contributed by atoms with Crippen LogP contribution in [0.25, 0.3) is 0 Å². The molecule has 0 saturated heterocycles. The van der Waals surface area contributed by atoms with Gasteiger partial charge in [-0.05, 0) is 34.7 Å². The van der Waals surface area contributed by atoms with Gasteiger partial charge >= 0.3 is 6.18 Å². The van der Waals surface area contributed by atoms with Gasteiger partial charge in [0, 0.05) is 7.05 Å². The van der Waals surface area contributed by atoms with E-state index < -0.39 is 11.9 Å². The molecule has 1 aromatic heterocycles. The van der Waals surface area contributed by atoms with Crippen molar-refractivity contribution in [2.24, 2.45) is 9.98 Å². The number of ether oxygens (including phenoxy) is 1. The van der Waals surface area contributed by atoms with Crippen LogP contribution in [0, 0.1) is 0 Å². The Morgan fingerprint density at radius 1 is 1.47 bits per heavy atom. The zero-order valence-corrected chi connectivity index (χ0v) is 11.9. The molecule has 0 radical (unpaired) electrons. The second-order valence-electron chi connectivity index (χ2n) is 3.19. The van der Waals surface area contributed by atoms with Crippen LogP contribution in [0.5, 0.6) is 5.75 Å². The van der Waals surface area contributed by atoms with Crippen molar-refractivity contribution in [3.63, 3.8) is 0 Å². The van der Waals surface area contributed by atoms with Crippen LogP contribution in [-0.4, -0.2) is 24.3 Å². The Morgan fingerprint density at radius 3 is 2.58 bits per heavy atom. The average Bonchev–Trinajstić information content (AvgIpc) is 2.33. The monoisotopic (exact) mass is 383 g/mol. The highest BCUT2D eigenvalue weighted by atomic mass is 127. The van der Waals surface area contributed by atoms with Crippen LogP contribution in [0.4, 0.5) is 13.2 Å². The van der Waals surface area contributed by atoms with Crippen molar-refractivity contribution in [1.82, 2.24) is 4.98 Å². The summed E-state index contributed by atoms with van der Waals surface area (Å²) < 4.78 is 42.7. The summed E-state index contributed by atoms with van der Waals surface area (Å²) in [4.78, 5) is 10.8. The first kappa shape index (κ1) is 15.6. The lowest BCUT2D eigenvalue weighted by Gasteiger charge is -2.08. The zero-order valence-electron chi connectivity index (χ0n) is 9.78. The topological polar surface area (TPSA) is 46.8 Å². The van der Waals surface area contributed by atoms with E-state index in [4.69, 9.17) is 4.74 Å². The van der Waals surface area contributed by atoms with Gasteiger partial charge in [0.1, 0.15) is 17.8 Å². The fraction of sp³-hybridized carbons (Fsp3) is 0.182. The average molecular weight is 383 g/mol. The van der Waals surface area contributed by atoms with Crippen molar-refractivity contribution >= 4 is 34.8 Å². The minimum Gasteiger partial charge on any atom is -0.436 e. The molecule has 0 aliphatic carbocycles. The van der Waals surface area contributed by atoms with Crippen LogP contribution < -0.4 is 4.74 Å². The van der Waals surface area contributed by atoms with E-state index in [1.54, 1.807) is 0 Å². The van der Waals surface area contributed by atoms with Crippen LogP contribution in [-0.2, 0) is 6.18 Å². The molecular weight excluding hydrogens is 374 g/mol. The molecule has 0 fully saturated rings. The predicted molar refractivity (Wildman–Crippen MR) is 74.9 cm³/mol. The van der Waals surface area contributed by atoms with Gasteiger partial charge in [-0.2, -0.15) is 13.2 Å². The molecule has 0 bridgehead atoms. The molecule has 0 N–H and O–H groups in total. The summed E-state index contributed by atoms with van der Waals surface area (Å²) in [6.45, 7) is 3.63. The van der Waals surface area contributed by atoms with E-state index >= 15 is 0 Å². The molecule has 0 aliphatic rings. The fourth-order valence-corrected chi connectivity index (χ4v) is 1.23. The first-order chi connectivity index (χ1) is 8.84. The maximum atomic E-state index is 12.3. The van der Waals surface area contributed by atoms with E-state index in [0.29, 0.717) is 3.58 Å². The molecule has 1 heterocycles. The number of halogens is 4. The SMILES string of the molecule is C=C(I)C(=NC=NC)Oc1ccc(C(F)(F)F)nc1. The molecule has 0 atom stereocenters. The van der Waals surface area contributed by atoms with E-state index in [0.717, 1.165) is 18.3 Å². The minimum absolute atomic E-state index is 0.133. The van der Waals surface area contributed by atoms with Crippen molar-refractivity contribution in [3.8, 4) is 5.75 Å². The molecule has 0 spiro atoms. The van der Waals surface area contributed by atoms with E-state index in [9.17, 15) is 13.2 Å². The summed E-state index contributed by atoms with van der Waals surface area (Å²) in [6.07, 6.45) is -2.26. The van der Waals surface area contributed by atoms with Gasteiger partial charge in [-0.15, -0.1) is 0 Å². The van der Waals surface area contributed by atoms with Crippen molar-refractivity contribution in [1.29, 1.82) is 0 Å². The van der Waals surface area contributed by atoms with Crippen molar-refractivity contribution in [2.45, 2.75) is 6.18 Å². The van der Waals surface area contributed by atoms with Gasteiger partial charge in [0.25, 0.3) is 0 Å². The van der Waals surface area contributed by atoms with Crippen LogP contribution in [0.3, 0.4) is 0 Å². The largest absolute Gasteiger partial charge is 0.436 e. The van der Waals surface area contributed by atoms with Gasteiger partial charge in [-0.25, -0.2) is 9.98 Å². The van der Waals surface area contributed by atoms with Crippen LogP contribution >= 0.6 is 22.6 Å². The van der Waals surface area contributed by atoms with E-state index in [1.807, 2.05) is 22.6 Å². The summed E-state index contributed by atoms with van der Waals surface area (Å²) in [7, 11) is 1.52. The number of nitrogens with zero attached hydrogens (tertiary/aromatic N) is 3. The standard InChI is InChI=1S/C11H9F3IN3O/c1-7(15)10(18-6-16-2)19-8-3-4-9(17-5-8)11(12,13)14/h3-6H,1H2,2H3. The van der Waals surface area contributed by atoms with Gasteiger partial charge in [0.05, 0.1) is 9.78 Å². The van der Waals surface area contributed by atoms with Crippen LogP contribution in [0.1, 0.15) is 5.69 Å². The van der Waals surface area contributed by atoms with Gasteiger partial charge in [0.15, 0.2) is 0 Å². The van der Waals surface area contributed by atoms with Crippen molar-refractivity contribution in [2.75, 3.05) is 7.05 Å².